The van der Waals surface area contributed by atoms with Crippen molar-refractivity contribution in [3.05, 3.63) is 83.5 Å². The van der Waals surface area contributed by atoms with E-state index in [4.69, 9.17) is 0 Å². The second-order valence-corrected chi connectivity index (χ2v) is 6.59. The monoisotopic (exact) mass is 347 g/mol. The van der Waals surface area contributed by atoms with E-state index in [0.29, 0.717) is 12.2 Å². The van der Waals surface area contributed by atoms with E-state index in [2.05, 4.69) is 22.4 Å². The average Bonchev–Trinajstić information content (AvgIpc) is 3.24. The number of hydrogen-bond donors (Lipinski definition) is 1. The van der Waals surface area contributed by atoms with Gasteiger partial charge < -0.3 is 5.32 Å². The first-order chi connectivity index (χ1) is 12.3. The molecule has 1 N–H and O–H groups in total. The van der Waals surface area contributed by atoms with Gasteiger partial charge in [-0.15, -0.1) is 11.3 Å². The molecule has 0 aliphatic rings. The van der Waals surface area contributed by atoms with Gasteiger partial charge in [-0.05, 0) is 12.0 Å². The Morgan fingerprint density at radius 2 is 1.76 bits per heavy atom. The lowest BCUT2D eigenvalue weighted by atomic mass is 10.1. The Morgan fingerprint density at radius 1 is 1.04 bits per heavy atom. The fourth-order valence-corrected chi connectivity index (χ4v) is 3.60. The lowest BCUT2D eigenvalue weighted by molar-refractivity contribution is 0.0948. The molecular weight excluding hydrogens is 330 g/mol. The summed E-state index contributed by atoms with van der Waals surface area (Å²) >= 11 is 1.48. The summed E-state index contributed by atoms with van der Waals surface area (Å²) in [5.74, 6) is -0.0702. The van der Waals surface area contributed by atoms with Crippen molar-refractivity contribution < 1.29 is 4.79 Å². The second-order valence-electron chi connectivity index (χ2n) is 5.76. The van der Waals surface area contributed by atoms with Crippen LogP contribution in [0.25, 0.3) is 16.2 Å². The maximum Gasteiger partial charge on any atom is 0.269 e. The summed E-state index contributed by atoms with van der Waals surface area (Å²) in [6.45, 7) is 0.612. The molecule has 2 aromatic heterocycles. The molecule has 2 heterocycles. The highest BCUT2D eigenvalue weighted by Crippen LogP contribution is 2.23. The number of benzene rings is 2. The Bertz CT molecular complexity index is 990. The molecule has 0 atom stereocenters. The molecule has 25 heavy (non-hydrogen) atoms. The van der Waals surface area contributed by atoms with Gasteiger partial charge in [0.25, 0.3) is 5.91 Å². The SMILES string of the molecule is O=C(NCCc1ccccc1)c1csc2nc(-c3ccccc3)cn12. The molecule has 0 radical (unpaired) electrons. The molecule has 0 fully saturated rings. The van der Waals surface area contributed by atoms with E-state index in [1.807, 2.05) is 64.5 Å². The predicted octanol–water partition coefficient (Wildman–Crippen LogP) is 4.04. The van der Waals surface area contributed by atoms with Crippen molar-refractivity contribution in [1.82, 2.24) is 14.7 Å². The normalized spacial score (nSPS) is 10.9. The molecule has 0 unspecified atom stereocenters. The minimum Gasteiger partial charge on any atom is -0.350 e. The summed E-state index contributed by atoms with van der Waals surface area (Å²) in [5.41, 5.74) is 3.77. The van der Waals surface area contributed by atoms with E-state index in [1.54, 1.807) is 0 Å². The summed E-state index contributed by atoms with van der Waals surface area (Å²) in [5, 5.41) is 4.85. The zero-order valence-corrected chi connectivity index (χ0v) is 14.4. The molecule has 1 amide bonds. The number of nitrogens with one attached hydrogen (secondary N) is 1. The first-order valence-corrected chi connectivity index (χ1v) is 9.03. The van der Waals surface area contributed by atoms with Gasteiger partial charge in [0.15, 0.2) is 4.96 Å². The maximum absolute atomic E-state index is 12.5. The number of fused-ring (bicyclic) bond motifs is 1. The summed E-state index contributed by atoms with van der Waals surface area (Å²) < 4.78 is 1.87. The molecule has 4 aromatic rings. The van der Waals surface area contributed by atoms with Crippen molar-refractivity contribution >= 4 is 22.2 Å². The van der Waals surface area contributed by atoms with E-state index in [0.717, 1.165) is 22.6 Å². The molecule has 4 nitrogen and oxygen atoms in total. The third-order valence-corrected chi connectivity index (χ3v) is 4.89. The van der Waals surface area contributed by atoms with Crippen LogP contribution in [-0.4, -0.2) is 21.8 Å². The molecule has 2 aromatic carbocycles. The van der Waals surface area contributed by atoms with Crippen LogP contribution in [0, 0.1) is 0 Å². The quantitative estimate of drug-likeness (QED) is 0.592. The molecule has 0 aliphatic heterocycles. The van der Waals surface area contributed by atoms with Crippen molar-refractivity contribution in [2.75, 3.05) is 6.54 Å². The number of hydrogen-bond acceptors (Lipinski definition) is 3. The minimum atomic E-state index is -0.0702. The van der Waals surface area contributed by atoms with Crippen LogP contribution in [0.15, 0.2) is 72.2 Å². The van der Waals surface area contributed by atoms with E-state index in [-0.39, 0.29) is 5.91 Å². The molecule has 0 saturated carbocycles. The highest BCUT2D eigenvalue weighted by molar-refractivity contribution is 7.15. The standard InChI is InChI=1S/C20H17N3OS/c24-19(21-12-11-15-7-3-1-4-8-15)18-14-25-20-22-17(13-23(18)20)16-9-5-2-6-10-16/h1-10,13-14H,11-12H2,(H,21,24). The van der Waals surface area contributed by atoms with Crippen LogP contribution in [0.1, 0.15) is 16.1 Å². The minimum absolute atomic E-state index is 0.0702. The van der Waals surface area contributed by atoms with E-state index in [9.17, 15) is 4.79 Å². The molecule has 0 saturated heterocycles. The highest BCUT2D eigenvalue weighted by Gasteiger charge is 2.14. The average molecular weight is 347 g/mol. The largest absolute Gasteiger partial charge is 0.350 e. The van der Waals surface area contributed by atoms with Crippen LogP contribution in [0.4, 0.5) is 0 Å². The number of carbonyl (C=O) groups excluding carboxylic acids is 1. The van der Waals surface area contributed by atoms with Gasteiger partial charge >= 0.3 is 0 Å². The van der Waals surface area contributed by atoms with E-state index < -0.39 is 0 Å². The number of carbonyl (C=O) groups is 1. The molecule has 0 spiro atoms. The van der Waals surface area contributed by atoms with Gasteiger partial charge in [0, 0.05) is 23.7 Å². The van der Waals surface area contributed by atoms with Crippen LogP contribution in [0.5, 0.6) is 0 Å². The summed E-state index contributed by atoms with van der Waals surface area (Å²) in [4.78, 5) is 17.9. The first-order valence-electron chi connectivity index (χ1n) is 8.15. The number of rotatable bonds is 5. The van der Waals surface area contributed by atoms with Gasteiger partial charge in [0.05, 0.1) is 5.69 Å². The zero-order chi connectivity index (χ0) is 17.1. The summed E-state index contributed by atoms with van der Waals surface area (Å²) in [7, 11) is 0. The Balaban J connectivity index is 1.49. The van der Waals surface area contributed by atoms with Crippen LogP contribution in [0.2, 0.25) is 0 Å². The molecule has 5 heteroatoms. The zero-order valence-electron chi connectivity index (χ0n) is 13.6. The molecule has 4 rings (SSSR count). The maximum atomic E-state index is 12.5. The Kier molecular flexibility index (Phi) is 4.31. The van der Waals surface area contributed by atoms with Crippen molar-refractivity contribution in [2.24, 2.45) is 0 Å². The Hall–Kier alpha value is -2.92. The van der Waals surface area contributed by atoms with Gasteiger partial charge in [0.1, 0.15) is 5.69 Å². The van der Waals surface area contributed by atoms with Crippen LogP contribution in [-0.2, 0) is 6.42 Å². The molecule has 0 bridgehead atoms. The van der Waals surface area contributed by atoms with Gasteiger partial charge in [-0.1, -0.05) is 60.7 Å². The smallest absolute Gasteiger partial charge is 0.269 e. The Morgan fingerprint density at radius 3 is 2.52 bits per heavy atom. The van der Waals surface area contributed by atoms with Gasteiger partial charge in [-0.2, -0.15) is 0 Å². The topological polar surface area (TPSA) is 46.4 Å². The third-order valence-electron chi connectivity index (χ3n) is 4.05. The van der Waals surface area contributed by atoms with Gasteiger partial charge in [0.2, 0.25) is 0 Å². The molecule has 0 aliphatic carbocycles. The van der Waals surface area contributed by atoms with E-state index in [1.165, 1.54) is 16.9 Å². The number of amides is 1. The van der Waals surface area contributed by atoms with Gasteiger partial charge in [-0.25, -0.2) is 4.98 Å². The highest BCUT2D eigenvalue weighted by atomic mass is 32.1. The fraction of sp³-hybridized carbons (Fsp3) is 0.100. The Labute approximate surface area is 149 Å². The molecule has 124 valence electrons. The number of imidazole rings is 1. The summed E-state index contributed by atoms with van der Waals surface area (Å²) in [6, 6.07) is 20.1. The lowest BCUT2D eigenvalue weighted by Crippen LogP contribution is -2.26. The van der Waals surface area contributed by atoms with Crippen LogP contribution >= 0.6 is 11.3 Å². The molecular formula is C20H17N3OS. The van der Waals surface area contributed by atoms with Crippen LogP contribution in [0.3, 0.4) is 0 Å². The van der Waals surface area contributed by atoms with Gasteiger partial charge in [-0.3, -0.25) is 9.20 Å². The third kappa shape index (κ3) is 3.32. The second kappa shape index (κ2) is 6.91. The summed E-state index contributed by atoms with van der Waals surface area (Å²) in [6.07, 6.45) is 2.74. The fourth-order valence-electron chi connectivity index (χ4n) is 2.75. The number of nitrogens with zero attached hydrogens (tertiary/aromatic N) is 2. The van der Waals surface area contributed by atoms with E-state index >= 15 is 0 Å². The van der Waals surface area contributed by atoms with Crippen LogP contribution < -0.4 is 5.32 Å². The van der Waals surface area contributed by atoms with Crippen molar-refractivity contribution in [2.45, 2.75) is 6.42 Å². The van der Waals surface area contributed by atoms with Crippen molar-refractivity contribution in [1.29, 1.82) is 0 Å². The van der Waals surface area contributed by atoms with Crippen molar-refractivity contribution in [3.63, 3.8) is 0 Å². The van der Waals surface area contributed by atoms with Crippen molar-refractivity contribution in [3.8, 4) is 11.3 Å². The first kappa shape index (κ1) is 15.6. The lowest BCUT2D eigenvalue weighted by Gasteiger charge is -2.04. The number of thiazole rings is 1. The predicted molar refractivity (Wildman–Crippen MR) is 101 cm³/mol. The number of aromatic nitrogens is 2.